The van der Waals surface area contributed by atoms with E-state index in [-0.39, 0.29) is 12.0 Å². The van der Waals surface area contributed by atoms with Gasteiger partial charge >= 0.3 is 0 Å². The summed E-state index contributed by atoms with van der Waals surface area (Å²) in [4.78, 5) is 18.2. The number of rotatable bonds is 3. The third-order valence-electron chi connectivity index (χ3n) is 3.55. The van der Waals surface area contributed by atoms with Gasteiger partial charge in [-0.2, -0.15) is 0 Å². The van der Waals surface area contributed by atoms with Crippen LogP contribution in [0.5, 0.6) is 0 Å². The van der Waals surface area contributed by atoms with E-state index in [4.69, 9.17) is 4.74 Å². The van der Waals surface area contributed by atoms with Crippen LogP contribution in [0.1, 0.15) is 25.3 Å². The Labute approximate surface area is 122 Å². The number of carbonyl (C=O) groups excluding carboxylic acids is 1. The van der Waals surface area contributed by atoms with Gasteiger partial charge in [-0.3, -0.25) is 9.69 Å². The summed E-state index contributed by atoms with van der Waals surface area (Å²) in [5.74, 6) is 0.0243. The van der Waals surface area contributed by atoms with Crippen LogP contribution in [0, 0.1) is 6.92 Å². The molecule has 0 unspecified atom stereocenters. The van der Waals surface area contributed by atoms with Crippen molar-refractivity contribution in [1.82, 2.24) is 4.98 Å². The molecule has 0 saturated carbocycles. The van der Waals surface area contributed by atoms with Gasteiger partial charge in [-0.25, -0.2) is 4.98 Å². The minimum atomic E-state index is 0.0243. The molecule has 3 rings (SSSR count). The van der Waals surface area contributed by atoms with Gasteiger partial charge in [-0.1, -0.05) is 17.4 Å². The normalized spacial score (nSPS) is 18.6. The largest absolute Gasteiger partial charge is 0.376 e. The van der Waals surface area contributed by atoms with Crippen LogP contribution in [0.25, 0.3) is 10.2 Å². The molecule has 1 aliphatic rings. The molecule has 0 bridgehead atoms. The molecule has 20 heavy (non-hydrogen) atoms. The van der Waals surface area contributed by atoms with Gasteiger partial charge in [0.05, 0.1) is 22.9 Å². The second-order valence-electron chi connectivity index (χ2n) is 5.23. The molecule has 1 atom stereocenters. The summed E-state index contributed by atoms with van der Waals surface area (Å²) in [5.41, 5.74) is 2.16. The summed E-state index contributed by atoms with van der Waals surface area (Å²) in [5, 5.41) is 0.772. The second kappa shape index (κ2) is 5.50. The number of fused-ring (bicyclic) bond motifs is 1. The molecule has 1 amide bonds. The molecule has 2 heterocycles. The summed E-state index contributed by atoms with van der Waals surface area (Å²) >= 11 is 1.57. The third kappa shape index (κ3) is 2.69. The highest BCUT2D eigenvalue weighted by molar-refractivity contribution is 7.22. The predicted molar refractivity (Wildman–Crippen MR) is 81.4 cm³/mol. The lowest BCUT2D eigenvalue weighted by Crippen LogP contribution is -2.35. The van der Waals surface area contributed by atoms with E-state index in [9.17, 15) is 4.79 Å². The van der Waals surface area contributed by atoms with Crippen molar-refractivity contribution in [1.29, 1.82) is 0 Å². The second-order valence-corrected chi connectivity index (χ2v) is 6.24. The van der Waals surface area contributed by atoms with Crippen LogP contribution >= 0.6 is 11.3 Å². The average molecular weight is 290 g/mol. The minimum absolute atomic E-state index is 0.0243. The molecule has 1 fully saturated rings. The molecule has 1 saturated heterocycles. The maximum Gasteiger partial charge on any atom is 0.225 e. The molecular weight excluding hydrogens is 272 g/mol. The minimum Gasteiger partial charge on any atom is -0.376 e. The van der Waals surface area contributed by atoms with Crippen LogP contribution in [0.15, 0.2) is 18.2 Å². The van der Waals surface area contributed by atoms with E-state index in [1.807, 2.05) is 12.1 Å². The summed E-state index contributed by atoms with van der Waals surface area (Å²) in [6.45, 7) is 5.06. The van der Waals surface area contributed by atoms with Crippen molar-refractivity contribution in [3.05, 3.63) is 23.8 Å². The number of amides is 1. The van der Waals surface area contributed by atoms with Gasteiger partial charge in [0.25, 0.3) is 0 Å². The number of aryl methyl sites for hydroxylation is 1. The molecule has 1 aromatic carbocycles. The highest BCUT2D eigenvalue weighted by Gasteiger charge is 2.24. The number of thiazole rings is 1. The Morgan fingerprint density at radius 3 is 3.10 bits per heavy atom. The zero-order valence-corrected chi connectivity index (χ0v) is 12.6. The highest BCUT2D eigenvalue weighted by Crippen LogP contribution is 2.30. The van der Waals surface area contributed by atoms with Crippen LogP contribution in [0.3, 0.4) is 0 Å². The zero-order chi connectivity index (χ0) is 14.1. The van der Waals surface area contributed by atoms with E-state index in [2.05, 4.69) is 18.0 Å². The van der Waals surface area contributed by atoms with Gasteiger partial charge in [-0.05, 0) is 37.5 Å². The Hall–Kier alpha value is -1.46. The quantitative estimate of drug-likeness (QED) is 0.872. The molecule has 4 nitrogen and oxygen atoms in total. The smallest absolute Gasteiger partial charge is 0.225 e. The van der Waals surface area contributed by atoms with Gasteiger partial charge < -0.3 is 4.74 Å². The van der Waals surface area contributed by atoms with E-state index in [0.29, 0.717) is 6.54 Å². The fourth-order valence-electron chi connectivity index (χ4n) is 2.47. The Morgan fingerprint density at radius 2 is 2.40 bits per heavy atom. The molecule has 0 spiro atoms. The van der Waals surface area contributed by atoms with E-state index in [1.54, 1.807) is 23.2 Å². The fourth-order valence-corrected chi connectivity index (χ4v) is 3.59. The number of nitrogens with zero attached hydrogens (tertiary/aromatic N) is 2. The molecule has 2 aromatic rings. The predicted octanol–water partition coefficient (Wildman–Crippen LogP) is 3.14. The Balaban J connectivity index is 1.90. The number of ether oxygens (including phenoxy) is 1. The van der Waals surface area contributed by atoms with E-state index in [1.165, 1.54) is 5.56 Å². The van der Waals surface area contributed by atoms with E-state index >= 15 is 0 Å². The highest BCUT2D eigenvalue weighted by atomic mass is 32.1. The van der Waals surface area contributed by atoms with Crippen molar-refractivity contribution in [3.63, 3.8) is 0 Å². The van der Waals surface area contributed by atoms with Gasteiger partial charge in [-0.15, -0.1) is 0 Å². The van der Waals surface area contributed by atoms with E-state index < -0.39 is 0 Å². The topological polar surface area (TPSA) is 42.4 Å². The fraction of sp³-hybridized carbons (Fsp3) is 0.467. The lowest BCUT2D eigenvalue weighted by molar-refractivity contribution is -0.116. The summed E-state index contributed by atoms with van der Waals surface area (Å²) in [6, 6.07) is 6.17. The Bertz CT molecular complexity index is 632. The number of anilines is 1. The molecular formula is C15H18N2O2S. The molecule has 0 N–H and O–H groups in total. The number of hydrogen-bond acceptors (Lipinski definition) is 4. The zero-order valence-electron chi connectivity index (χ0n) is 11.8. The van der Waals surface area contributed by atoms with Crippen molar-refractivity contribution in [2.45, 2.75) is 32.8 Å². The van der Waals surface area contributed by atoms with Crippen molar-refractivity contribution >= 4 is 32.6 Å². The SMILES string of the molecule is CC(=O)N(C[C@H]1CCCO1)c1nc2ccc(C)cc2s1. The van der Waals surface area contributed by atoms with Gasteiger partial charge in [0.15, 0.2) is 5.13 Å². The van der Waals surface area contributed by atoms with Crippen molar-refractivity contribution in [2.24, 2.45) is 0 Å². The number of carbonyl (C=O) groups is 1. The molecule has 5 heteroatoms. The van der Waals surface area contributed by atoms with Crippen molar-refractivity contribution in [2.75, 3.05) is 18.1 Å². The van der Waals surface area contributed by atoms with Crippen LogP contribution in [0.2, 0.25) is 0 Å². The first kappa shape index (κ1) is 13.5. The molecule has 1 aromatic heterocycles. The van der Waals surface area contributed by atoms with Gasteiger partial charge in [0, 0.05) is 13.5 Å². The summed E-state index contributed by atoms with van der Waals surface area (Å²) < 4.78 is 6.75. The third-order valence-corrected chi connectivity index (χ3v) is 4.60. The lowest BCUT2D eigenvalue weighted by Gasteiger charge is -2.21. The summed E-state index contributed by atoms with van der Waals surface area (Å²) in [6.07, 6.45) is 2.25. The average Bonchev–Trinajstić information content (AvgIpc) is 3.03. The van der Waals surface area contributed by atoms with Crippen LogP contribution in [0.4, 0.5) is 5.13 Å². The van der Waals surface area contributed by atoms with E-state index in [0.717, 1.165) is 34.8 Å². The molecule has 1 aliphatic heterocycles. The maximum atomic E-state index is 11.9. The number of benzene rings is 1. The monoisotopic (exact) mass is 290 g/mol. The lowest BCUT2D eigenvalue weighted by atomic mass is 10.2. The Morgan fingerprint density at radius 1 is 1.55 bits per heavy atom. The first-order valence-electron chi connectivity index (χ1n) is 6.90. The van der Waals surface area contributed by atoms with Gasteiger partial charge in [0.2, 0.25) is 5.91 Å². The Kier molecular flexibility index (Phi) is 3.72. The molecule has 0 radical (unpaired) electrons. The van der Waals surface area contributed by atoms with Gasteiger partial charge in [0.1, 0.15) is 0 Å². The van der Waals surface area contributed by atoms with Crippen molar-refractivity contribution in [3.8, 4) is 0 Å². The summed E-state index contributed by atoms with van der Waals surface area (Å²) in [7, 11) is 0. The standard InChI is InChI=1S/C15H18N2O2S/c1-10-5-6-13-14(8-10)20-15(16-13)17(11(2)18)9-12-4-3-7-19-12/h5-6,8,12H,3-4,7,9H2,1-2H3/t12-/m1/s1. The molecule has 0 aliphatic carbocycles. The number of aromatic nitrogens is 1. The van der Waals surface area contributed by atoms with Crippen molar-refractivity contribution < 1.29 is 9.53 Å². The maximum absolute atomic E-state index is 11.9. The number of hydrogen-bond donors (Lipinski definition) is 0. The van der Waals surface area contributed by atoms with Crippen LogP contribution in [-0.4, -0.2) is 30.1 Å². The van der Waals surface area contributed by atoms with Crippen LogP contribution < -0.4 is 4.90 Å². The first-order valence-corrected chi connectivity index (χ1v) is 7.72. The van der Waals surface area contributed by atoms with Crippen LogP contribution in [-0.2, 0) is 9.53 Å². The molecule has 106 valence electrons. The first-order chi connectivity index (χ1) is 9.63.